The number of rotatable bonds is 3. The van der Waals surface area contributed by atoms with E-state index in [0.29, 0.717) is 6.54 Å². The summed E-state index contributed by atoms with van der Waals surface area (Å²) in [6, 6.07) is 10.3. The van der Waals surface area contributed by atoms with Crippen molar-refractivity contribution in [2.75, 3.05) is 0 Å². The third-order valence-electron chi connectivity index (χ3n) is 2.50. The van der Waals surface area contributed by atoms with Crippen LogP contribution in [0.2, 0.25) is 0 Å². The normalized spacial score (nSPS) is 10.3. The van der Waals surface area contributed by atoms with Gasteiger partial charge < -0.3 is 9.67 Å². The molecule has 2 rings (SSSR count). The van der Waals surface area contributed by atoms with Crippen molar-refractivity contribution in [3.8, 4) is 0 Å². The monoisotopic (exact) mass is 355 g/mol. The van der Waals surface area contributed by atoms with Crippen molar-refractivity contribution in [1.82, 2.24) is 4.57 Å². The van der Waals surface area contributed by atoms with Gasteiger partial charge in [0.25, 0.3) is 5.56 Å². The summed E-state index contributed by atoms with van der Waals surface area (Å²) in [4.78, 5) is 22.5. The van der Waals surface area contributed by atoms with Gasteiger partial charge in [-0.05, 0) is 46.4 Å². The quantitative estimate of drug-likeness (QED) is 0.859. The fraction of sp³-hybridized carbons (Fsp3) is 0.0769. The Kier molecular flexibility index (Phi) is 3.81. The van der Waals surface area contributed by atoms with Crippen LogP contribution in [0.3, 0.4) is 0 Å². The Labute approximate surface area is 117 Å². The van der Waals surface area contributed by atoms with Crippen molar-refractivity contribution in [3.05, 3.63) is 67.6 Å². The maximum Gasteiger partial charge on any atom is 0.337 e. The van der Waals surface area contributed by atoms with Gasteiger partial charge in [0.15, 0.2) is 0 Å². The second-order valence-corrected chi connectivity index (χ2v) is 5.06. The summed E-state index contributed by atoms with van der Waals surface area (Å²) in [5.74, 6) is -1.04. The molecule has 18 heavy (non-hydrogen) atoms. The van der Waals surface area contributed by atoms with Crippen LogP contribution in [-0.4, -0.2) is 15.6 Å². The number of aromatic carboxylic acids is 1. The highest BCUT2D eigenvalue weighted by Crippen LogP contribution is 2.08. The molecule has 92 valence electrons. The topological polar surface area (TPSA) is 59.3 Å². The first-order valence-corrected chi connectivity index (χ1v) is 6.32. The number of pyridine rings is 1. The number of nitrogens with zero attached hydrogens (tertiary/aromatic N) is 1. The second kappa shape index (κ2) is 5.34. The highest BCUT2D eigenvalue weighted by Gasteiger charge is 2.05. The van der Waals surface area contributed by atoms with E-state index in [1.54, 1.807) is 0 Å². The highest BCUT2D eigenvalue weighted by molar-refractivity contribution is 14.1. The van der Waals surface area contributed by atoms with E-state index in [1.165, 1.54) is 22.9 Å². The lowest BCUT2D eigenvalue weighted by Gasteiger charge is -2.06. The van der Waals surface area contributed by atoms with Gasteiger partial charge in [-0.1, -0.05) is 12.1 Å². The van der Waals surface area contributed by atoms with Gasteiger partial charge in [-0.25, -0.2) is 4.79 Å². The van der Waals surface area contributed by atoms with Gasteiger partial charge in [-0.15, -0.1) is 0 Å². The average molecular weight is 355 g/mol. The van der Waals surface area contributed by atoms with E-state index in [0.717, 1.165) is 9.13 Å². The molecule has 0 saturated heterocycles. The molecule has 1 aromatic heterocycles. The predicted molar refractivity (Wildman–Crippen MR) is 75.9 cm³/mol. The summed E-state index contributed by atoms with van der Waals surface area (Å²) in [7, 11) is 0. The minimum atomic E-state index is -1.04. The van der Waals surface area contributed by atoms with E-state index in [2.05, 4.69) is 22.6 Å². The first-order chi connectivity index (χ1) is 8.56. The molecule has 0 aliphatic heterocycles. The molecule has 0 unspecified atom stereocenters. The van der Waals surface area contributed by atoms with Gasteiger partial charge in [0, 0.05) is 15.8 Å². The standard InChI is InChI=1S/C13H10INO3/c14-11-4-1-9(2-5-11)7-15-8-10(13(17)18)3-6-12(15)16/h1-6,8H,7H2,(H,17,18). The zero-order chi connectivity index (χ0) is 13.1. The highest BCUT2D eigenvalue weighted by atomic mass is 127. The lowest BCUT2D eigenvalue weighted by molar-refractivity contribution is 0.0696. The molecule has 1 aromatic carbocycles. The Bertz CT molecular complexity index is 631. The minimum Gasteiger partial charge on any atom is -0.478 e. The zero-order valence-electron chi connectivity index (χ0n) is 9.34. The predicted octanol–water partition coefficient (Wildman–Crippen LogP) is 2.20. The molecule has 0 amide bonds. The average Bonchev–Trinajstić information content (AvgIpc) is 2.34. The number of carboxylic acids is 1. The van der Waals surface area contributed by atoms with E-state index in [4.69, 9.17) is 5.11 Å². The van der Waals surface area contributed by atoms with Crippen molar-refractivity contribution >= 4 is 28.6 Å². The Morgan fingerprint density at radius 2 is 1.83 bits per heavy atom. The molecule has 5 heteroatoms. The second-order valence-electron chi connectivity index (χ2n) is 3.82. The number of hydrogen-bond acceptors (Lipinski definition) is 2. The summed E-state index contributed by atoms with van der Waals surface area (Å²) in [5, 5.41) is 8.89. The van der Waals surface area contributed by atoms with Gasteiger partial charge in [0.2, 0.25) is 0 Å². The largest absolute Gasteiger partial charge is 0.478 e. The van der Waals surface area contributed by atoms with Crippen molar-refractivity contribution in [1.29, 1.82) is 0 Å². The van der Waals surface area contributed by atoms with Crippen LogP contribution in [0.4, 0.5) is 0 Å². The fourth-order valence-electron chi connectivity index (χ4n) is 1.57. The smallest absolute Gasteiger partial charge is 0.337 e. The molecule has 4 nitrogen and oxygen atoms in total. The molecule has 0 aliphatic carbocycles. The molecule has 0 aliphatic rings. The molecular formula is C13H10INO3. The van der Waals surface area contributed by atoms with E-state index in [9.17, 15) is 9.59 Å². The van der Waals surface area contributed by atoms with E-state index in [1.807, 2.05) is 24.3 Å². The lowest BCUT2D eigenvalue weighted by Crippen LogP contribution is -2.20. The van der Waals surface area contributed by atoms with Crippen LogP contribution < -0.4 is 5.56 Å². The van der Waals surface area contributed by atoms with Crippen LogP contribution in [0.15, 0.2) is 47.4 Å². The van der Waals surface area contributed by atoms with Crippen LogP contribution in [0, 0.1) is 3.57 Å². The van der Waals surface area contributed by atoms with Crippen LogP contribution in [0.25, 0.3) is 0 Å². The maximum atomic E-state index is 11.6. The molecule has 0 atom stereocenters. The van der Waals surface area contributed by atoms with Gasteiger partial charge in [0.1, 0.15) is 0 Å². The number of hydrogen-bond donors (Lipinski definition) is 1. The van der Waals surface area contributed by atoms with Crippen LogP contribution in [0.5, 0.6) is 0 Å². The van der Waals surface area contributed by atoms with E-state index < -0.39 is 5.97 Å². The summed E-state index contributed by atoms with van der Waals surface area (Å²) >= 11 is 2.20. The number of carboxylic acid groups (broad SMARTS) is 1. The molecule has 1 heterocycles. The maximum absolute atomic E-state index is 11.6. The molecule has 1 N–H and O–H groups in total. The fourth-order valence-corrected chi connectivity index (χ4v) is 1.93. The van der Waals surface area contributed by atoms with Crippen molar-refractivity contribution in [3.63, 3.8) is 0 Å². The first kappa shape index (κ1) is 12.8. The Morgan fingerprint density at radius 1 is 1.17 bits per heavy atom. The van der Waals surface area contributed by atoms with Gasteiger partial charge >= 0.3 is 5.97 Å². The minimum absolute atomic E-state index is 0.111. The number of halogens is 1. The summed E-state index contributed by atoms with van der Waals surface area (Å²) in [6.07, 6.45) is 1.36. The van der Waals surface area contributed by atoms with Gasteiger partial charge in [0.05, 0.1) is 12.1 Å². The number of carbonyl (C=O) groups is 1. The van der Waals surface area contributed by atoms with Gasteiger partial charge in [-0.2, -0.15) is 0 Å². The van der Waals surface area contributed by atoms with E-state index >= 15 is 0 Å². The number of aromatic nitrogens is 1. The molecule has 0 fully saturated rings. The van der Waals surface area contributed by atoms with Crippen molar-refractivity contribution in [2.24, 2.45) is 0 Å². The number of benzene rings is 1. The zero-order valence-corrected chi connectivity index (χ0v) is 11.5. The SMILES string of the molecule is O=C(O)c1ccc(=O)n(Cc2ccc(I)cc2)c1. The van der Waals surface area contributed by atoms with Crippen molar-refractivity contribution < 1.29 is 9.90 Å². The summed E-state index contributed by atoms with van der Waals surface area (Å²) in [6.45, 7) is 0.372. The Hall–Kier alpha value is -1.63. The van der Waals surface area contributed by atoms with Crippen molar-refractivity contribution in [2.45, 2.75) is 6.54 Å². The first-order valence-electron chi connectivity index (χ1n) is 5.24. The molecule has 0 saturated carbocycles. The molecular weight excluding hydrogens is 345 g/mol. The molecule has 2 aromatic rings. The lowest BCUT2D eigenvalue weighted by atomic mass is 10.2. The third-order valence-corrected chi connectivity index (χ3v) is 3.22. The Balaban J connectivity index is 2.33. The van der Waals surface area contributed by atoms with Gasteiger partial charge in [-0.3, -0.25) is 4.79 Å². The summed E-state index contributed by atoms with van der Waals surface area (Å²) < 4.78 is 2.51. The molecule has 0 radical (unpaired) electrons. The van der Waals surface area contributed by atoms with Crippen LogP contribution >= 0.6 is 22.6 Å². The molecule has 0 bridgehead atoms. The molecule has 0 spiro atoms. The van der Waals surface area contributed by atoms with Crippen LogP contribution in [-0.2, 0) is 6.54 Å². The Morgan fingerprint density at radius 3 is 2.44 bits per heavy atom. The van der Waals surface area contributed by atoms with E-state index in [-0.39, 0.29) is 11.1 Å². The third kappa shape index (κ3) is 2.98. The van der Waals surface area contributed by atoms with Crippen LogP contribution in [0.1, 0.15) is 15.9 Å². The summed E-state index contributed by atoms with van der Waals surface area (Å²) in [5.41, 5.74) is 0.860.